The molecule has 2 aliphatic carbocycles. The zero-order valence-corrected chi connectivity index (χ0v) is 9.78. The summed E-state index contributed by atoms with van der Waals surface area (Å²) in [4.78, 5) is 0. The van der Waals surface area contributed by atoms with Crippen LogP contribution in [0.2, 0.25) is 0 Å². The first-order valence-corrected chi connectivity index (χ1v) is 6.18. The van der Waals surface area contributed by atoms with Gasteiger partial charge in [0.2, 0.25) is 0 Å². The van der Waals surface area contributed by atoms with Crippen molar-refractivity contribution in [2.24, 2.45) is 11.8 Å². The second kappa shape index (κ2) is 3.67. The van der Waals surface area contributed by atoms with Crippen molar-refractivity contribution in [2.75, 3.05) is 26.9 Å². The highest BCUT2D eigenvalue weighted by Gasteiger charge is 2.61. The van der Waals surface area contributed by atoms with E-state index in [-0.39, 0.29) is 5.79 Å². The quantitative estimate of drug-likeness (QED) is 0.763. The smallest absolute Gasteiger partial charge is 0.174 e. The van der Waals surface area contributed by atoms with E-state index in [1.54, 1.807) is 7.11 Å². The number of ether oxygens (including phenoxy) is 3. The summed E-state index contributed by atoms with van der Waals surface area (Å²) in [5.74, 6) is 0.322. The van der Waals surface area contributed by atoms with E-state index in [0.717, 1.165) is 25.7 Å². The van der Waals surface area contributed by atoms with Crippen LogP contribution in [-0.2, 0) is 14.2 Å². The monoisotopic (exact) mass is 228 g/mol. The van der Waals surface area contributed by atoms with E-state index < -0.39 is 5.60 Å². The minimum absolute atomic E-state index is 0.342. The summed E-state index contributed by atoms with van der Waals surface area (Å²) >= 11 is 0. The van der Waals surface area contributed by atoms with Crippen molar-refractivity contribution in [3.05, 3.63) is 0 Å². The van der Waals surface area contributed by atoms with Crippen LogP contribution in [0.1, 0.15) is 25.7 Å². The van der Waals surface area contributed by atoms with Gasteiger partial charge in [-0.15, -0.1) is 0 Å². The molecule has 2 bridgehead atoms. The molecule has 1 unspecified atom stereocenters. The molecule has 16 heavy (non-hydrogen) atoms. The molecule has 1 N–H and O–H groups in total. The number of hydrogen-bond donors (Lipinski definition) is 1. The Bertz CT molecular complexity index is 256. The van der Waals surface area contributed by atoms with Gasteiger partial charge in [-0.05, 0) is 25.7 Å². The van der Waals surface area contributed by atoms with Crippen LogP contribution < -0.4 is 0 Å². The number of rotatable bonds is 2. The molecule has 0 aromatic heterocycles. The van der Waals surface area contributed by atoms with Gasteiger partial charge in [0.25, 0.3) is 0 Å². The fourth-order valence-electron chi connectivity index (χ4n) is 3.93. The van der Waals surface area contributed by atoms with Gasteiger partial charge >= 0.3 is 0 Å². The normalized spacial score (nSPS) is 45.4. The van der Waals surface area contributed by atoms with Crippen molar-refractivity contribution in [1.29, 1.82) is 0 Å². The fraction of sp³-hybridized carbons (Fsp3) is 1.00. The molecule has 1 saturated heterocycles. The van der Waals surface area contributed by atoms with Crippen LogP contribution >= 0.6 is 0 Å². The predicted molar refractivity (Wildman–Crippen MR) is 56.9 cm³/mol. The van der Waals surface area contributed by atoms with Gasteiger partial charge in [0.15, 0.2) is 5.79 Å². The van der Waals surface area contributed by atoms with Crippen molar-refractivity contribution in [2.45, 2.75) is 37.1 Å². The second-order valence-electron chi connectivity index (χ2n) is 5.46. The third-order valence-corrected chi connectivity index (χ3v) is 4.41. The van der Waals surface area contributed by atoms with Crippen LogP contribution in [0.15, 0.2) is 0 Å². The zero-order chi connectivity index (χ0) is 11.2. The molecule has 1 heterocycles. The first kappa shape index (κ1) is 11.0. The Morgan fingerprint density at radius 2 is 1.75 bits per heavy atom. The first-order chi connectivity index (χ1) is 7.69. The summed E-state index contributed by atoms with van der Waals surface area (Å²) in [6.07, 6.45) is 3.71. The van der Waals surface area contributed by atoms with Gasteiger partial charge in [-0.3, -0.25) is 0 Å². The van der Waals surface area contributed by atoms with Crippen LogP contribution in [0.25, 0.3) is 0 Å². The van der Waals surface area contributed by atoms with E-state index in [4.69, 9.17) is 14.2 Å². The van der Waals surface area contributed by atoms with E-state index in [1.807, 2.05) is 0 Å². The maximum absolute atomic E-state index is 10.5. The van der Waals surface area contributed by atoms with Gasteiger partial charge in [-0.2, -0.15) is 0 Å². The van der Waals surface area contributed by atoms with Crippen molar-refractivity contribution in [3.63, 3.8) is 0 Å². The van der Waals surface area contributed by atoms with Crippen LogP contribution in [-0.4, -0.2) is 43.4 Å². The zero-order valence-electron chi connectivity index (χ0n) is 9.78. The standard InChI is InChI=1S/C12H20O4/c1-14-8-11(13)6-9-2-3-10(7-11)12(9)15-4-5-16-12/h9-10,13H,2-8H2,1H3/t9-,10+,11?. The average Bonchev–Trinajstić information content (AvgIpc) is 2.78. The van der Waals surface area contributed by atoms with E-state index in [2.05, 4.69) is 0 Å². The number of methoxy groups -OCH3 is 1. The minimum Gasteiger partial charge on any atom is -0.387 e. The average molecular weight is 228 g/mol. The Labute approximate surface area is 95.9 Å². The molecule has 3 aliphatic rings. The van der Waals surface area contributed by atoms with Crippen LogP contribution in [0.4, 0.5) is 0 Å². The number of aliphatic hydroxyl groups is 1. The summed E-state index contributed by atoms with van der Waals surface area (Å²) in [6, 6.07) is 0. The molecule has 1 aliphatic heterocycles. The third-order valence-electron chi connectivity index (χ3n) is 4.41. The lowest BCUT2D eigenvalue weighted by Gasteiger charge is -2.45. The molecule has 4 nitrogen and oxygen atoms in total. The van der Waals surface area contributed by atoms with Crippen molar-refractivity contribution in [1.82, 2.24) is 0 Å². The number of hydrogen-bond acceptors (Lipinski definition) is 4. The highest BCUT2D eigenvalue weighted by Crippen LogP contribution is 2.56. The predicted octanol–water partition coefficient (Wildman–Crippen LogP) is 0.927. The van der Waals surface area contributed by atoms with E-state index in [1.165, 1.54) is 0 Å². The summed E-state index contributed by atoms with van der Waals surface area (Å²) in [5.41, 5.74) is -0.666. The van der Waals surface area contributed by atoms with Crippen LogP contribution in [0.5, 0.6) is 0 Å². The second-order valence-corrected chi connectivity index (χ2v) is 5.46. The molecule has 0 aromatic rings. The summed E-state index contributed by atoms with van der Waals surface area (Å²) in [6.45, 7) is 1.83. The van der Waals surface area contributed by atoms with Crippen molar-refractivity contribution in [3.8, 4) is 0 Å². The third kappa shape index (κ3) is 1.44. The molecule has 1 spiro atoms. The molecule has 2 saturated carbocycles. The highest BCUT2D eigenvalue weighted by atomic mass is 16.7. The van der Waals surface area contributed by atoms with Crippen molar-refractivity contribution >= 4 is 0 Å². The lowest BCUT2D eigenvalue weighted by Crippen LogP contribution is -2.53. The Kier molecular flexibility index (Phi) is 2.51. The maximum atomic E-state index is 10.5. The minimum atomic E-state index is -0.666. The Hall–Kier alpha value is -0.160. The molecule has 3 fully saturated rings. The van der Waals surface area contributed by atoms with Gasteiger partial charge in [0.05, 0.1) is 25.4 Å². The lowest BCUT2D eigenvalue weighted by atomic mass is 9.73. The van der Waals surface area contributed by atoms with E-state index >= 15 is 0 Å². The fourth-order valence-corrected chi connectivity index (χ4v) is 3.93. The van der Waals surface area contributed by atoms with Crippen LogP contribution in [0.3, 0.4) is 0 Å². The largest absolute Gasteiger partial charge is 0.387 e. The molecule has 3 atom stereocenters. The maximum Gasteiger partial charge on any atom is 0.174 e. The molecular weight excluding hydrogens is 208 g/mol. The molecule has 0 radical (unpaired) electrons. The molecule has 0 amide bonds. The Morgan fingerprint density at radius 1 is 1.19 bits per heavy atom. The van der Waals surface area contributed by atoms with Gasteiger partial charge in [0.1, 0.15) is 0 Å². The molecule has 4 heteroatoms. The van der Waals surface area contributed by atoms with E-state index in [9.17, 15) is 5.11 Å². The SMILES string of the molecule is COCC1(O)C[C@H]2CC[C@@H](C1)C21OCCO1. The molecule has 0 aromatic carbocycles. The van der Waals surface area contributed by atoms with E-state index in [0.29, 0.717) is 31.7 Å². The summed E-state index contributed by atoms with van der Waals surface area (Å²) in [5, 5.41) is 10.5. The van der Waals surface area contributed by atoms with Crippen LogP contribution in [0, 0.1) is 11.8 Å². The Morgan fingerprint density at radius 3 is 2.25 bits per heavy atom. The summed E-state index contributed by atoms with van der Waals surface area (Å²) in [7, 11) is 1.65. The summed E-state index contributed by atoms with van der Waals surface area (Å²) < 4.78 is 16.9. The van der Waals surface area contributed by atoms with Gasteiger partial charge in [0, 0.05) is 18.9 Å². The first-order valence-electron chi connectivity index (χ1n) is 6.18. The van der Waals surface area contributed by atoms with Gasteiger partial charge < -0.3 is 19.3 Å². The van der Waals surface area contributed by atoms with Crippen molar-refractivity contribution < 1.29 is 19.3 Å². The van der Waals surface area contributed by atoms with Gasteiger partial charge in [-0.25, -0.2) is 0 Å². The molecular formula is C12H20O4. The molecule has 3 rings (SSSR count). The topological polar surface area (TPSA) is 47.9 Å². The highest BCUT2D eigenvalue weighted by molar-refractivity contribution is 5.06. The van der Waals surface area contributed by atoms with Gasteiger partial charge in [-0.1, -0.05) is 0 Å². The Balaban J connectivity index is 1.81. The lowest BCUT2D eigenvalue weighted by molar-refractivity contribution is -0.252. The molecule has 92 valence electrons.